The van der Waals surface area contributed by atoms with Gasteiger partial charge in [0.2, 0.25) is 0 Å². The molecule has 47 heavy (non-hydrogen) atoms. The van der Waals surface area contributed by atoms with E-state index >= 15 is 0 Å². The molecule has 3 aromatic heterocycles. The monoisotopic (exact) mass is 616 g/mol. The minimum absolute atomic E-state index is 0.649. The highest BCUT2D eigenvalue weighted by Crippen LogP contribution is 2.45. The normalized spacial score (nSPS) is 11.8. The van der Waals surface area contributed by atoms with Crippen molar-refractivity contribution in [3.8, 4) is 34.0 Å². The van der Waals surface area contributed by atoms with Crippen molar-refractivity contribution >= 4 is 75.3 Å². The summed E-state index contributed by atoms with van der Waals surface area (Å²) in [5, 5.41) is 16.6. The Hall–Kier alpha value is -6.15. The van der Waals surface area contributed by atoms with Crippen LogP contribution in [-0.4, -0.2) is 4.57 Å². The van der Waals surface area contributed by atoms with Crippen LogP contribution in [0.1, 0.15) is 5.56 Å². The molecular weight excluding hydrogens is 593 g/mol. The Balaban J connectivity index is 1.30. The van der Waals surface area contributed by atoms with Crippen molar-refractivity contribution in [2.24, 2.45) is 0 Å². The molecule has 4 heteroatoms. The molecule has 7 aromatic carbocycles. The Kier molecular flexibility index (Phi) is 5.51. The quantitative estimate of drug-likeness (QED) is 0.198. The summed E-state index contributed by atoms with van der Waals surface area (Å²) in [6.45, 7) is 0. The van der Waals surface area contributed by atoms with Gasteiger partial charge >= 0.3 is 0 Å². The van der Waals surface area contributed by atoms with E-state index < -0.39 is 0 Å². The molecule has 0 N–H and O–H groups in total. The summed E-state index contributed by atoms with van der Waals surface area (Å²) in [6.07, 6.45) is 0. The van der Waals surface area contributed by atoms with Gasteiger partial charge in [-0.05, 0) is 65.2 Å². The zero-order chi connectivity index (χ0) is 31.1. The van der Waals surface area contributed by atoms with Crippen molar-refractivity contribution in [2.75, 3.05) is 0 Å². The SMILES string of the molecule is N#Cc1ccc2c(c1)c1ccccc1n2-c1cccc2c1oc1c(-c3ccccc3)cc(-c3cccc4c3sc3ccccc34)cc12. The third kappa shape index (κ3) is 3.78. The molecule has 0 radical (unpaired) electrons. The second-order valence-electron chi connectivity index (χ2n) is 12.0. The molecule has 0 aliphatic carbocycles. The van der Waals surface area contributed by atoms with Crippen LogP contribution in [0.5, 0.6) is 0 Å². The maximum absolute atomic E-state index is 9.66. The summed E-state index contributed by atoms with van der Waals surface area (Å²) >= 11 is 1.85. The minimum atomic E-state index is 0.649. The number of nitriles is 1. The molecule has 0 saturated carbocycles. The number of nitrogens with zero attached hydrogens (tertiary/aromatic N) is 2. The lowest BCUT2D eigenvalue weighted by Crippen LogP contribution is -1.94. The average Bonchev–Trinajstić information content (AvgIpc) is 3.81. The Morgan fingerprint density at radius 2 is 1.26 bits per heavy atom. The number of thiophene rings is 1. The third-order valence-electron chi connectivity index (χ3n) is 9.42. The van der Waals surface area contributed by atoms with Gasteiger partial charge in [-0.15, -0.1) is 11.3 Å². The Morgan fingerprint density at radius 3 is 2.15 bits per heavy atom. The van der Waals surface area contributed by atoms with E-state index in [1.807, 2.05) is 23.5 Å². The number of para-hydroxylation sites is 2. The summed E-state index contributed by atoms with van der Waals surface area (Å²) in [6, 6.07) is 53.5. The Bertz CT molecular complexity index is 2920. The van der Waals surface area contributed by atoms with Crippen molar-refractivity contribution in [3.05, 3.63) is 151 Å². The largest absolute Gasteiger partial charge is 0.453 e. The minimum Gasteiger partial charge on any atom is -0.453 e. The lowest BCUT2D eigenvalue weighted by atomic mass is 9.95. The second-order valence-corrected chi connectivity index (χ2v) is 13.1. The van der Waals surface area contributed by atoms with Gasteiger partial charge in [-0.3, -0.25) is 0 Å². The molecule has 0 bridgehead atoms. The molecule has 10 aromatic rings. The van der Waals surface area contributed by atoms with Gasteiger partial charge in [-0.1, -0.05) is 97.1 Å². The van der Waals surface area contributed by atoms with Crippen LogP contribution in [-0.2, 0) is 0 Å². The first-order chi connectivity index (χ1) is 23.3. The third-order valence-corrected chi connectivity index (χ3v) is 10.6. The summed E-state index contributed by atoms with van der Waals surface area (Å²) in [7, 11) is 0. The summed E-state index contributed by atoms with van der Waals surface area (Å²) in [5.41, 5.74) is 10.0. The van der Waals surface area contributed by atoms with E-state index in [0.29, 0.717) is 5.56 Å². The second kappa shape index (κ2) is 9.92. The fraction of sp³-hybridized carbons (Fsp3) is 0. The molecule has 3 heterocycles. The predicted octanol–water partition coefficient (Wildman–Crippen LogP) is 12.3. The number of benzene rings is 7. The van der Waals surface area contributed by atoms with Crippen LogP contribution in [0, 0.1) is 11.3 Å². The van der Waals surface area contributed by atoms with Crippen LogP contribution in [0.2, 0.25) is 0 Å². The van der Waals surface area contributed by atoms with Crippen LogP contribution in [0.25, 0.3) is 91.9 Å². The average molecular weight is 617 g/mol. The van der Waals surface area contributed by atoms with Gasteiger partial charge in [0.25, 0.3) is 0 Å². The molecule has 0 amide bonds. The van der Waals surface area contributed by atoms with Crippen LogP contribution >= 0.6 is 11.3 Å². The number of aromatic nitrogens is 1. The molecule has 0 aliphatic rings. The predicted molar refractivity (Wildman–Crippen MR) is 197 cm³/mol. The first-order valence-corrected chi connectivity index (χ1v) is 16.5. The van der Waals surface area contributed by atoms with Gasteiger partial charge in [0.15, 0.2) is 5.58 Å². The van der Waals surface area contributed by atoms with Crippen molar-refractivity contribution < 1.29 is 4.42 Å². The van der Waals surface area contributed by atoms with Gasteiger partial charge in [0.1, 0.15) is 5.58 Å². The number of rotatable bonds is 3. The van der Waals surface area contributed by atoms with E-state index in [0.717, 1.165) is 60.6 Å². The Morgan fingerprint density at radius 1 is 0.511 bits per heavy atom. The molecule has 0 unspecified atom stereocenters. The molecule has 0 fully saturated rings. The van der Waals surface area contributed by atoms with Gasteiger partial charge in [-0.25, -0.2) is 0 Å². The van der Waals surface area contributed by atoms with E-state index in [-0.39, 0.29) is 0 Å². The van der Waals surface area contributed by atoms with Crippen molar-refractivity contribution in [3.63, 3.8) is 0 Å². The zero-order valence-electron chi connectivity index (χ0n) is 25.1. The maximum Gasteiger partial charge on any atom is 0.159 e. The van der Waals surface area contributed by atoms with Crippen LogP contribution in [0.3, 0.4) is 0 Å². The van der Waals surface area contributed by atoms with Crippen molar-refractivity contribution in [2.45, 2.75) is 0 Å². The van der Waals surface area contributed by atoms with E-state index in [2.05, 4.69) is 144 Å². The summed E-state index contributed by atoms with van der Waals surface area (Å²) < 4.78 is 11.9. The number of fused-ring (bicyclic) bond motifs is 9. The fourth-order valence-corrected chi connectivity index (χ4v) is 8.56. The first-order valence-electron chi connectivity index (χ1n) is 15.7. The van der Waals surface area contributed by atoms with E-state index in [4.69, 9.17) is 4.42 Å². The smallest absolute Gasteiger partial charge is 0.159 e. The number of furan rings is 1. The van der Waals surface area contributed by atoms with E-state index in [9.17, 15) is 5.26 Å². The zero-order valence-corrected chi connectivity index (χ0v) is 25.9. The molecule has 3 nitrogen and oxygen atoms in total. The van der Waals surface area contributed by atoms with Crippen molar-refractivity contribution in [1.82, 2.24) is 4.57 Å². The maximum atomic E-state index is 9.66. The van der Waals surface area contributed by atoms with E-state index in [1.165, 1.54) is 31.3 Å². The molecule has 10 rings (SSSR count). The topological polar surface area (TPSA) is 41.9 Å². The lowest BCUT2D eigenvalue weighted by molar-refractivity contribution is 0.667. The number of hydrogen-bond acceptors (Lipinski definition) is 3. The highest BCUT2D eigenvalue weighted by molar-refractivity contribution is 7.26. The number of hydrogen-bond donors (Lipinski definition) is 0. The van der Waals surface area contributed by atoms with Gasteiger partial charge in [0, 0.05) is 47.3 Å². The van der Waals surface area contributed by atoms with Gasteiger partial charge < -0.3 is 8.98 Å². The van der Waals surface area contributed by atoms with Gasteiger partial charge in [0.05, 0.1) is 28.4 Å². The van der Waals surface area contributed by atoms with Crippen LogP contribution in [0.15, 0.2) is 150 Å². The molecule has 218 valence electrons. The molecule has 0 spiro atoms. The fourth-order valence-electron chi connectivity index (χ4n) is 7.33. The molecule has 0 aliphatic heterocycles. The molecule has 0 atom stereocenters. The van der Waals surface area contributed by atoms with Crippen LogP contribution in [0.4, 0.5) is 0 Å². The Labute approximate surface area is 273 Å². The highest BCUT2D eigenvalue weighted by Gasteiger charge is 2.21. The van der Waals surface area contributed by atoms with Gasteiger partial charge in [-0.2, -0.15) is 5.26 Å². The first kappa shape index (κ1) is 26.1. The van der Waals surface area contributed by atoms with Crippen LogP contribution < -0.4 is 0 Å². The summed E-state index contributed by atoms with van der Waals surface area (Å²) in [5.74, 6) is 0. The summed E-state index contributed by atoms with van der Waals surface area (Å²) in [4.78, 5) is 0. The lowest BCUT2D eigenvalue weighted by Gasteiger charge is -2.09. The molecular formula is C43H24N2OS. The highest BCUT2D eigenvalue weighted by atomic mass is 32.1. The molecule has 0 saturated heterocycles. The van der Waals surface area contributed by atoms with E-state index in [1.54, 1.807) is 0 Å². The standard InChI is InChI=1S/C43H24N2OS/c44-25-26-20-21-38-35(22-26)30-12-4-6-17-37(30)45(38)39-18-9-15-32-36-24-28(23-34(41(36)46-42(32)39)27-10-2-1-3-11-27)29-14-8-16-33-31-13-5-7-19-40(31)47-43(29)33/h1-24H. The van der Waals surface area contributed by atoms with Crippen molar-refractivity contribution in [1.29, 1.82) is 5.26 Å².